The molecule has 0 spiro atoms. The molecule has 3 fully saturated rings. The van der Waals surface area contributed by atoms with E-state index in [-0.39, 0.29) is 49.8 Å². The summed E-state index contributed by atoms with van der Waals surface area (Å²) < 4.78 is 42.5. The van der Waals surface area contributed by atoms with Crippen LogP contribution in [-0.4, -0.2) is 99.8 Å². The summed E-state index contributed by atoms with van der Waals surface area (Å²) in [7, 11) is -4.07. The average Bonchev–Trinajstić information content (AvgIpc) is 4.02. The molecule has 61 heavy (non-hydrogen) atoms. The third-order valence-electron chi connectivity index (χ3n) is 11.7. The van der Waals surface area contributed by atoms with Gasteiger partial charge in [0.25, 0.3) is 17.8 Å². The zero-order valence-corrected chi connectivity index (χ0v) is 38.0. The van der Waals surface area contributed by atoms with Gasteiger partial charge in [-0.05, 0) is 96.6 Å². The van der Waals surface area contributed by atoms with Crippen molar-refractivity contribution in [2.45, 2.75) is 154 Å². The van der Waals surface area contributed by atoms with Gasteiger partial charge < -0.3 is 30.3 Å². The van der Waals surface area contributed by atoms with E-state index in [4.69, 9.17) is 14.5 Å². The smallest absolute Gasteiger partial charge is 0.408 e. The van der Waals surface area contributed by atoms with E-state index in [0.29, 0.717) is 55.1 Å². The minimum Gasteiger partial charge on any atom is -0.459 e. The lowest BCUT2D eigenvalue weighted by molar-refractivity contribution is -0.143. The van der Waals surface area contributed by atoms with E-state index in [0.717, 1.165) is 0 Å². The lowest BCUT2D eigenvalue weighted by atomic mass is 9.85. The summed E-state index contributed by atoms with van der Waals surface area (Å²) in [6.07, 6.45) is 4.87. The number of aromatic nitrogens is 2. The van der Waals surface area contributed by atoms with Crippen LogP contribution in [0.15, 0.2) is 43.5 Å². The van der Waals surface area contributed by atoms with Crippen LogP contribution in [0.5, 0.6) is 6.01 Å². The number of nitrogens with zero attached hydrogens (tertiary/aromatic N) is 3. The molecule has 0 radical (unpaired) electrons. The largest absolute Gasteiger partial charge is 0.459 e. The molecule has 5 amide bonds. The number of nitrogens with one attached hydrogen (secondary N) is 4. The van der Waals surface area contributed by atoms with Gasteiger partial charge in [0.1, 0.15) is 34.8 Å². The molecule has 1 aromatic heterocycles. The van der Waals surface area contributed by atoms with Crippen LogP contribution in [0.2, 0.25) is 0 Å². The Balaban J connectivity index is 1.48. The van der Waals surface area contributed by atoms with Crippen LogP contribution in [0.3, 0.4) is 0 Å². The number of amides is 5. The summed E-state index contributed by atoms with van der Waals surface area (Å²) >= 11 is 0. The van der Waals surface area contributed by atoms with E-state index in [2.05, 4.69) is 33.8 Å². The minimum atomic E-state index is -4.07. The van der Waals surface area contributed by atoms with Crippen LogP contribution in [0, 0.1) is 11.3 Å². The molecule has 0 unspecified atom stereocenters. The second kappa shape index (κ2) is 17.8. The highest BCUT2D eigenvalue weighted by molar-refractivity contribution is 7.91. The molecule has 2 aromatic rings. The molecule has 1 aromatic carbocycles. The molecule has 336 valence electrons. The Labute approximate surface area is 360 Å². The molecule has 5 atom stereocenters. The quantitative estimate of drug-likeness (QED) is 0.110. The van der Waals surface area contributed by atoms with Crippen LogP contribution in [0.25, 0.3) is 11.0 Å². The summed E-state index contributed by atoms with van der Waals surface area (Å²) in [5.74, 6) is -2.74. The first-order valence-electron chi connectivity index (χ1n) is 21.3. The Morgan fingerprint density at radius 1 is 1.05 bits per heavy atom. The molecule has 2 aliphatic carbocycles. The minimum absolute atomic E-state index is 0.0337. The number of unbranched alkanes of at least 4 members (excludes halogenated alkanes) is 1. The van der Waals surface area contributed by atoms with Crippen LogP contribution >= 0.6 is 0 Å². The van der Waals surface area contributed by atoms with E-state index in [1.54, 1.807) is 65.8 Å². The maximum Gasteiger partial charge on any atom is 0.408 e. The molecule has 0 bridgehead atoms. The Morgan fingerprint density at radius 2 is 1.74 bits per heavy atom. The lowest BCUT2D eigenvalue weighted by Gasteiger charge is -2.36. The fourth-order valence-corrected chi connectivity index (χ4v) is 9.88. The SMILES string of the molecule is C=CCCCC1(S(=O)(=O)NC(=O)[C@@]2(NC(=O)[C@@H]3C[C@@H](Oc4nc5c(C(=O)NCC=C)cccc5n4C(C)C)CN3C(=O)[C@@H](NC(=O)OC(C)(C)C)C(C)(C)C)C[C@H]2CC)CC1. The highest BCUT2D eigenvalue weighted by Gasteiger charge is 2.64. The third-order valence-corrected chi connectivity index (χ3v) is 14.0. The van der Waals surface area contributed by atoms with Gasteiger partial charge in [0.15, 0.2) is 0 Å². The zero-order valence-electron chi connectivity index (χ0n) is 37.2. The number of allylic oxidation sites excluding steroid dienone is 1. The molecule has 2 saturated carbocycles. The molecule has 2 heterocycles. The van der Waals surface area contributed by atoms with Crippen molar-refractivity contribution in [3.8, 4) is 6.01 Å². The zero-order chi connectivity index (χ0) is 45.3. The number of benzene rings is 1. The predicted molar refractivity (Wildman–Crippen MR) is 232 cm³/mol. The number of alkyl carbamates (subject to hydrolysis) is 1. The van der Waals surface area contributed by atoms with Gasteiger partial charge >= 0.3 is 6.09 Å². The normalized spacial score (nSPS) is 22.5. The van der Waals surface area contributed by atoms with Crippen molar-refractivity contribution in [3.63, 3.8) is 0 Å². The fraction of sp³-hybridized carbons (Fsp3) is 0.636. The Kier molecular flexibility index (Phi) is 13.8. The van der Waals surface area contributed by atoms with Crippen molar-refractivity contribution in [2.24, 2.45) is 11.3 Å². The average molecular weight is 868 g/mol. The highest BCUT2D eigenvalue weighted by Crippen LogP contribution is 2.50. The number of carbonyl (C=O) groups is 5. The monoisotopic (exact) mass is 867 g/mol. The van der Waals surface area contributed by atoms with Gasteiger partial charge in [-0.1, -0.05) is 52.3 Å². The predicted octanol–water partition coefficient (Wildman–Crippen LogP) is 5.44. The molecule has 3 aliphatic rings. The van der Waals surface area contributed by atoms with Crippen molar-refractivity contribution in [1.29, 1.82) is 0 Å². The van der Waals surface area contributed by atoms with E-state index < -0.39 is 73.3 Å². The van der Waals surface area contributed by atoms with E-state index in [1.807, 2.05) is 31.4 Å². The molecule has 4 N–H and O–H groups in total. The molecule has 5 rings (SSSR count). The van der Waals surface area contributed by atoms with Gasteiger partial charge in [0.05, 0.1) is 22.4 Å². The Bertz CT molecular complexity index is 2150. The van der Waals surface area contributed by atoms with Crippen molar-refractivity contribution >= 4 is 50.8 Å². The number of imidazole rings is 1. The summed E-state index contributed by atoms with van der Waals surface area (Å²) in [6, 6.07) is 2.87. The number of likely N-dealkylation sites (tertiary alicyclic amines) is 1. The molecular formula is C44H65N7O9S. The number of para-hydroxylation sites is 1. The van der Waals surface area contributed by atoms with E-state index in [1.165, 1.54) is 4.90 Å². The third kappa shape index (κ3) is 10.2. The second-order valence-electron chi connectivity index (χ2n) is 19.0. The van der Waals surface area contributed by atoms with Gasteiger partial charge in [-0.2, -0.15) is 4.98 Å². The van der Waals surface area contributed by atoms with Crippen molar-refractivity contribution in [1.82, 2.24) is 35.1 Å². The number of fused-ring (bicyclic) bond motifs is 1. The van der Waals surface area contributed by atoms with Crippen molar-refractivity contribution in [3.05, 3.63) is 49.1 Å². The van der Waals surface area contributed by atoms with Crippen molar-refractivity contribution in [2.75, 3.05) is 13.1 Å². The number of carbonyl (C=O) groups excluding carboxylic acids is 5. The van der Waals surface area contributed by atoms with Crippen molar-refractivity contribution < 1.29 is 41.9 Å². The van der Waals surface area contributed by atoms with Crippen LogP contribution in [0.4, 0.5) is 4.79 Å². The molecule has 17 heteroatoms. The van der Waals surface area contributed by atoms with Crippen LogP contribution < -0.4 is 25.4 Å². The number of hydrogen-bond donors (Lipinski definition) is 4. The van der Waals surface area contributed by atoms with Crippen LogP contribution in [0.1, 0.15) is 130 Å². The molecular weight excluding hydrogens is 803 g/mol. The van der Waals surface area contributed by atoms with E-state index >= 15 is 0 Å². The topological polar surface area (TPSA) is 207 Å². The van der Waals surface area contributed by atoms with E-state index in [9.17, 15) is 32.4 Å². The fourth-order valence-electron chi connectivity index (χ4n) is 8.18. The molecule has 16 nitrogen and oxygen atoms in total. The summed E-state index contributed by atoms with van der Waals surface area (Å²) in [4.78, 5) is 75.8. The molecule has 1 aliphatic heterocycles. The highest BCUT2D eigenvalue weighted by atomic mass is 32.2. The number of sulfonamides is 1. The Morgan fingerprint density at radius 3 is 2.30 bits per heavy atom. The maximum atomic E-state index is 14.8. The van der Waals surface area contributed by atoms with Gasteiger partial charge in [0, 0.05) is 19.0 Å². The van der Waals surface area contributed by atoms with Gasteiger partial charge in [-0.15, -0.1) is 13.2 Å². The standard InChI is InChI=1S/C44H65N7O9S/c1-12-15-16-20-43(21-22-43)61(57,58)49-38(55)44(25-28(44)14-3)48-36(53)32-24-29(26-50(32)37(54)34(41(6,7)8)47-40(56)60-42(9,10)11)59-39-46-33-30(35(52)45-23-13-2)18-17-19-31(33)51(39)27(4)5/h12-13,17-19,27-29,32,34H,1-2,14-16,20-26H2,3-11H3,(H,45,52)(H,47,56)(H,48,53)(H,49,55)/t28-,29-,32+,34-,44-/m1/s1. The summed E-state index contributed by atoms with van der Waals surface area (Å²) in [5.41, 5.74) is -1.86. The second-order valence-corrected chi connectivity index (χ2v) is 21.1. The lowest BCUT2D eigenvalue weighted by Crippen LogP contribution is -2.60. The number of ether oxygens (including phenoxy) is 2. The van der Waals surface area contributed by atoms with Gasteiger partial charge in [0.2, 0.25) is 21.8 Å². The first-order valence-corrected chi connectivity index (χ1v) is 22.8. The first kappa shape index (κ1) is 47.1. The Hall–Kier alpha value is -4.93. The van der Waals surface area contributed by atoms with Gasteiger partial charge in [-0.3, -0.25) is 28.5 Å². The summed E-state index contributed by atoms with van der Waals surface area (Å²) in [5, 5.41) is 8.41. The number of hydrogen-bond acceptors (Lipinski definition) is 10. The number of rotatable bonds is 18. The van der Waals surface area contributed by atoms with Gasteiger partial charge in [-0.25, -0.2) is 13.2 Å². The summed E-state index contributed by atoms with van der Waals surface area (Å²) in [6.45, 7) is 23.7. The molecule has 1 saturated heterocycles. The van der Waals surface area contributed by atoms with Crippen LogP contribution in [-0.2, 0) is 29.1 Å². The first-order chi connectivity index (χ1) is 28.4. The maximum absolute atomic E-state index is 14.8.